The number of anilines is 1. The molecular weight excluding hydrogens is 372 g/mol. The van der Waals surface area contributed by atoms with Gasteiger partial charge in [0, 0.05) is 19.5 Å². The van der Waals surface area contributed by atoms with E-state index in [1.165, 1.54) is 4.90 Å². The number of nitrogens with zero attached hydrogens (tertiary/aromatic N) is 4. The third-order valence-corrected chi connectivity index (χ3v) is 5.05. The molecule has 1 aliphatic rings. The van der Waals surface area contributed by atoms with Gasteiger partial charge in [0.25, 0.3) is 0 Å². The smallest absolute Gasteiger partial charge is 0.321 e. The third-order valence-electron chi connectivity index (χ3n) is 5.05. The summed E-state index contributed by atoms with van der Waals surface area (Å²) < 4.78 is 12.4. The van der Waals surface area contributed by atoms with E-state index in [0.717, 1.165) is 16.6 Å². The predicted octanol–water partition coefficient (Wildman–Crippen LogP) is 2.19. The SMILES string of the molecule is CCOC(=O)[C@@H]1C(=O)N(CCOC)c2nc3ccccc3n2[C@H]1c1ccncc1. The molecular formula is C21H22N4O4. The van der Waals surface area contributed by atoms with Crippen molar-refractivity contribution in [2.45, 2.75) is 13.0 Å². The van der Waals surface area contributed by atoms with Crippen LogP contribution in [0.25, 0.3) is 11.0 Å². The van der Waals surface area contributed by atoms with Crippen molar-refractivity contribution in [1.82, 2.24) is 14.5 Å². The maximum atomic E-state index is 13.5. The summed E-state index contributed by atoms with van der Waals surface area (Å²) >= 11 is 0. The van der Waals surface area contributed by atoms with E-state index in [-0.39, 0.29) is 19.1 Å². The molecule has 0 N–H and O–H groups in total. The number of carbonyl (C=O) groups is 2. The number of esters is 1. The fourth-order valence-electron chi connectivity index (χ4n) is 3.80. The van der Waals surface area contributed by atoms with Crippen molar-refractivity contribution >= 4 is 28.9 Å². The van der Waals surface area contributed by atoms with Crippen LogP contribution in [0.4, 0.5) is 5.95 Å². The fraction of sp³-hybridized carbons (Fsp3) is 0.333. The number of carbonyl (C=O) groups excluding carboxylic acids is 2. The summed E-state index contributed by atoms with van der Waals surface area (Å²) in [5.74, 6) is -1.43. The molecule has 3 aromatic rings. The molecule has 2 aromatic heterocycles. The van der Waals surface area contributed by atoms with E-state index in [1.807, 2.05) is 41.0 Å². The number of methoxy groups -OCH3 is 1. The molecule has 0 saturated carbocycles. The minimum Gasteiger partial charge on any atom is -0.465 e. The van der Waals surface area contributed by atoms with E-state index < -0.39 is 17.9 Å². The molecule has 8 heteroatoms. The lowest BCUT2D eigenvalue weighted by Gasteiger charge is -2.37. The first-order valence-electron chi connectivity index (χ1n) is 9.51. The van der Waals surface area contributed by atoms with Gasteiger partial charge < -0.3 is 14.0 Å². The Morgan fingerprint density at radius 3 is 2.66 bits per heavy atom. The summed E-state index contributed by atoms with van der Waals surface area (Å²) in [5.41, 5.74) is 2.39. The number of hydrogen-bond donors (Lipinski definition) is 0. The van der Waals surface area contributed by atoms with Gasteiger partial charge in [0.2, 0.25) is 11.9 Å². The zero-order chi connectivity index (χ0) is 20.4. The topological polar surface area (TPSA) is 86.5 Å². The Labute approximate surface area is 168 Å². The monoisotopic (exact) mass is 394 g/mol. The highest BCUT2D eigenvalue weighted by molar-refractivity contribution is 6.08. The lowest BCUT2D eigenvalue weighted by Crippen LogP contribution is -2.51. The average molecular weight is 394 g/mol. The molecule has 4 rings (SSSR count). The summed E-state index contributed by atoms with van der Waals surface area (Å²) in [6.07, 6.45) is 3.30. The van der Waals surface area contributed by atoms with Gasteiger partial charge in [0.1, 0.15) is 0 Å². The van der Waals surface area contributed by atoms with Gasteiger partial charge in [-0.05, 0) is 36.8 Å². The number of benzene rings is 1. The van der Waals surface area contributed by atoms with E-state index in [2.05, 4.69) is 4.98 Å². The van der Waals surface area contributed by atoms with Crippen LogP contribution in [0, 0.1) is 5.92 Å². The number of pyridine rings is 1. The lowest BCUT2D eigenvalue weighted by atomic mass is 9.90. The van der Waals surface area contributed by atoms with Crippen LogP contribution in [0.1, 0.15) is 18.5 Å². The molecule has 0 saturated heterocycles. The van der Waals surface area contributed by atoms with Crippen LogP contribution in [-0.2, 0) is 19.1 Å². The minimum atomic E-state index is -1.03. The molecule has 3 heterocycles. The van der Waals surface area contributed by atoms with Gasteiger partial charge in [-0.2, -0.15) is 0 Å². The number of rotatable bonds is 6. The molecule has 0 radical (unpaired) electrons. The maximum Gasteiger partial charge on any atom is 0.321 e. The Kier molecular flexibility index (Phi) is 5.26. The highest BCUT2D eigenvalue weighted by atomic mass is 16.5. The molecule has 0 spiro atoms. The molecule has 1 aliphatic heterocycles. The summed E-state index contributed by atoms with van der Waals surface area (Å²) in [7, 11) is 1.57. The first-order chi connectivity index (χ1) is 14.2. The number of imidazole rings is 1. The van der Waals surface area contributed by atoms with Crippen LogP contribution >= 0.6 is 0 Å². The van der Waals surface area contributed by atoms with E-state index in [1.54, 1.807) is 26.4 Å². The van der Waals surface area contributed by atoms with Crippen molar-refractivity contribution in [3.8, 4) is 0 Å². The van der Waals surface area contributed by atoms with Crippen LogP contribution < -0.4 is 4.90 Å². The summed E-state index contributed by atoms with van der Waals surface area (Å²) in [6.45, 7) is 2.54. The zero-order valence-electron chi connectivity index (χ0n) is 16.3. The van der Waals surface area contributed by atoms with Gasteiger partial charge in [0.05, 0.1) is 36.8 Å². The molecule has 1 amide bonds. The highest BCUT2D eigenvalue weighted by Gasteiger charge is 2.47. The molecule has 150 valence electrons. The number of aromatic nitrogens is 3. The zero-order valence-corrected chi connectivity index (χ0v) is 16.3. The van der Waals surface area contributed by atoms with Gasteiger partial charge in [-0.3, -0.25) is 19.5 Å². The molecule has 29 heavy (non-hydrogen) atoms. The summed E-state index contributed by atoms with van der Waals surface area (Å²) in [6, 6.07) is 10.7. The Hall–Kier alpha value is -3.26. The van der Waals surface area contributed by atoms with Crippen LogP contribution in [0.15, 0.2) is 48.8 Å². The van der Waals surface area contributed by atoms with Crippen molar-refractivity contribution < 1.29 is 19.1 Å². The molecule has 1 aromatic carbocycles. The summed E-state index contributed by atoms with van der Waals surface area (Å²) in [4.78, 5) is 36.7. The lowest BCUT2D eigenvalue weighted by molar-refractivity contribution is -0.153. The number of ether oxygens (including phenoxy) is 2. The number of amides is 1. The Morgan fingerprint density at radius 2 is 1.93 bits per heavy atom. The number of fused-ring (bicyclic) bond motifs is 3. The Bertz CT molecular complexity index is 1030. The van der Waals surface area contributed by atoms with Crippen molar-refractivity contribution in [3.63, 3.8) is 0 Å². The maximum absolute atomic E-state index is 13.5. The second kappa shape index (κ2) is 8.00. The van der Waals surface area contributed by atoms with Gasteiger partial charge >= 0.3 is 5.97 Å². The van der Waals surface area contributed by atoms with E-state index in [0.29, 0.717) is 12.6 Å². The van der Waals surface area contributed by atoms with Gasteiger partial charge in [-0.15, -0.1) is 0 Å². The first kappa shape index (κ1) is 19.1. The second-order valence-electron chi connectivity index (χ2n) is 6.71. The van der Waals surface area contributed by atoms with Gasteiger partial charge in [0.15, 0.2) is 5.92 Å². The quantitative estimate of drug-likeness (QED) is 0.471. The fourth-order valence-corrected chi connectivity index (χ4v) is 3.80. The second-order valence-corrected chi connectivity index (χ2v) is 6.71. The molecule has 0 fully saturated rings. The van der Waals surface area contributed by atoms with Crippen molar-refractivity contribution in [2.24, 2.45) is 5.92 Å². The average Bonchev–Trinajstić information content (AvgIpc) is 3.12. The van der Waals surface area contributed by atoms with Crippen LogP contribution in [-0.4, -0.2) is 53.3 Å². The van der Waals surface area contributed by atoms with Crippen molar-refractivity contribution in [3.05, 3.63) is 54.4 Å². The number of para-hydroxylation sites is 2. The molecule has 8 nitrogen and oxygen atoms in total. The van der Waals surface area contributed by atoms with Gasteiger partial charge in [-0.25, -0.2) is 4.98 Å². The van der Waals surface area contributed by atoms with Gasteiger partial charge in [-0.1, -0.05) is 12.1 Å². The van der Waals surface area contributed by atoms with Crippen LogP contribution in [0.3, 0.4) is 0 Å². The highest BCUT2D eigenvalue weighted by Crippen LogP contribution is 2.40. The van der Waals surface area contributed by atoms with E-state index in [4.69, 9.17) is 14.5 Å². The predicted molar refractivity (Wildman–Crippen MR) is 106 cm³/mol. The van der Waals surface area contributed by atoms with Crippen molar-refractivity contribution in [2.75, 3.05) is 31.8 Å². The molecule has 2 atom stereocenters. The first-order valence-corrected chi connectivity index (χ1v) is 9.51. The van der Waals surface area contributed by atoms with E-state index in [9.17, 15) is 9.59 Å². The summed E-state index contributed by atoms with van der Waals surface area (Å²) in [5, 5.41) is 0. The third kappa shape index (κ3) is 3.25. The minimum absolute atomic E-state index is 0.196. The van der Waals surface area contributed by atoms with Crippen LogP contribution in [0.5, 0.6) is 0 Å². The van der Waals surface area contributed by atoms with Crippen LogP contribution in [0.2, 0.25) is 0 Å². The van der Waals surface area contributed by atoms with E-state index >= 15 is 0 Å². The Balaban J connectivity index is 1.97. The normalized spacial score (nSPS) is 18.7. The molecule has 0 aliphatic carbocycles. The molecule has 0 unspecified atom stereocenters. The standard InChI is InChI=1S/C21H22N4O4/c1-3-29-20(27)17-18(14-8-10-22-11-9-14)25-16-7-5-4-6-15(16)23-21(25)24(19(17)26)12-13-28-2/h4-11,17-18H,3,12-13H2,1-2H3/t17-,18-/m0/s1. The molecule has 0 bridgehead atoms. The largest absolute Gasteiger partial charge is 0.465 e. The Morgan fingerprint density at radius 1 is 1.17 bits per heavy atom. The van der Waals surface area contributed by atoms with Crippen molar-refractivity contribution in [1.29, 1.82) is 0 Å². The number of hydrogen-bond acceptors (Lipinski definition) is 6.